The van der Waals surface area contributed by atoms with Crippen LogP contribution < -0.4 is 14.8 Å². The average Bonchev–Trinajstić information content (AvgIpc) is 3.17. The van der Waals surface area contributed by atoms with Gasteiger partial charge in [0.1, 0.15) is 11.5 Å². The molecule has 0 fully saturated rings. The zero-order valence-electron chi connectivity index (χ0n) is 14.9. The van der Waals surface area contributed by atoms with Gasteiger partial charge in [-0.1, -0.05) is 19.1 Å². The zero-order valence-corrected chi connectivity index (χ0v) is 15.7. The van der Waals surface area contributed by atoms with Gasteiger partial charge in [0.05, 0.1) is 30.6 Å². The fourth-order valence-electron chi connectivity index (χ4n) is 2.50. The smallest absolute Gasteiger partial charge is 0.255 e. The summed E-state index contributed by atoms with van der Waals surface area (Å²) in [5, 5.41) is 6.01. The fourth-order valence-corrected chi connectivity index (χ4v) is 3.26. The van der Waals surface area contributed by atoms with Crippen molar-refractivity contribution >= 4 is 22.9 Å². The second kappa shape index (κ2) is 8.01. The Morgan fingerprint density at radius 3 is 2.50 bits per heavy atom. The van der Waals surface area contributed by atoms with E-state index in [0.29, 0.717) is 22.7 Å². The highest BCUT2D eigenvalue weighted by Gasteiger charge is 2.12. The molecule has 3 rings (SSSR count). The quantitative estimate of drug-likeness (QED) is 0.688. The van der Waals surface area contributed by atoms with E-state index in [2.05, 4.69) is 17.2 Å². The Hall–Kier alpha value is -2.86. The van der Waals surface area contributed by atoms with Gasteiger partial charge in [0, 0.05) is 22.6 Å². The first-order valence-electron chi connectivity index (χ1n) is 8.22. The lowest BCUT2D eigenvalue weighted by Crippen LogP contribution is -2.12. The molecule has 0 aliphatic carbocycles. The number of thiazole rings is 1. The third-order valence-electron chi connectivity index (χ3n) is 3.95. The number of aromatic nitrogens is 1. The molecule has 1 heterocycles. The molecule has 2 aromatic carbocycles. The molecule has 0 radical (unpaired) electrons. The van der Waals surface area contributed by atoms with Gasteiger partial charge in [0.15, 0.2) is 0 Å². The molecule has 0 saturated carbocycles. The van der Waals surface area contributed by atoms with Crippen molar-refractivity contribution in [2.75, 3.05) is 19.5 Å². The molecule has 0 atom stereocenters. The molecule has 0 spiro atoms. The second-order valence-electron chi connectivity index (χ2n) is 5.58. The molecule has 1 amide bonds. The molecule has 0 saturated heterocycles. The van der Waals surface area contributed by atoms with Gasteiger partial charge in [-0.2, -0.15) is 0 Å². The summed E-state index contributed by atoms with van der Waals surface area (Å²) in [5.74, 6) is 1.01. The summed E-state index contributed by atoms with van der Waals surface area (Å²) in [6.45, 7) is 2.09. The maximum atomic E-state index is 12.6. The van der Waals surface area contributed by atoms with Crippen molar-refractivity contribution in [3.05, 3.63) is 58.4 Å². The molecule has 0 bridgehead atoms. The first-order chi connectivity index (χ1) is 12.6. The normalized spacial score (nSPS) is 10.4. The second-order valence-corrected chi connectivity index (χ2v) is 6.52. The van der Waals surface area contributed by atoms with Gasteiger partial charge in [-0.15, -0.1) is 11.3 Å². The Morgan fingerprint density at radius 2 is 1.88 bits per heavy atom. The number of carbonyl (C=O) groups is 1. The molecule has 26 heavy (non-hydrogen) atoms. The van der Waals surface area contributed by atoms with Gasteiger partial charge in [0.25, 0.3) is 5.91 Å². The average molecular weight is 368 g/mol. The van der Waals surface area contributed by atoms with E-state index in [9.17, 15) is 4.79 Å². The Bertz CT molecular complexity index is 904. The maximum Gasteiger partial charge on any atom is 0.255 e. The summed E-state index contributed by atoms with van der Waals surface area (Å²) >= 11 is 1.65. The Morgan fingerprint density at radius 1 is 1.12 bits per heavy atom. The number of ether oxygens (including phenoxy) is 2. The van der Waals surface area contributed by atoms with Gasteiger partial charge < -0.3 is 14.8 Å². The van der Waals surface area contributed by atoms with Crippen LogP contribution in [-0.4, -0.2) is 25.1 Å². The monoisotopic (exact) mass is 368 g/mol. The zero-order chi connectivity index (χ0) is 18.5. The van der Waals surface area contributed by atoms with Crippen LogP contribution in [0.25, 0.3) is 11.3 Å². The minimum Gasteiger partial charge on any atom is -0.497 e. The highest BCUT2D eigenvalue weighted by Crippen LogP contribution is 2.29. The van der Waals surface area contributed by atoms with Crippen molar-refractivity contribution in [2.45, 2.75) is 13.3 Å². The Kier molecular flexibility index (Phi) is 5.53. The van der Waals surface area contributed by atoms with Crippen molar-refractivity contribution in [3.63, 3.8) is 0 Å². The molecular weight excluding hydrogens is 348 g/mol. The molecular formula is C20H20N2O3S. The molecule has 134 valence electrons. The standard InChI is InChI=1S/C20H20N2O3S/c1-4-19-21-17(12-26-19)13-5-7-14(8-6-13)20(23)22-16-11-15(24-2)9-10-18(16)25-3/h5-12H,4H2,1-3H3,(H,22,23). The van der Waals surface area contributed by atoms with E-state index in [4.69, 9.17) is 9.47 Å². The lowest BCUT2D eigenvalue weighted by molar-refractivity contribution is 0.102. The molecule has 5 nitrogen and oxygen atoms in total. The van der Waals surface area contributed by atoms with Crippen LogP contribution in [0.3, 0.4) is 0 Å². The van der Waals surface area contributed by atoms with E-state index in [0.717, 1.165) is 22.7 Å². The van der Waals surface area contributed by atoms with Crippen molar-refractivity contribution in [2.24, 2.45) is 0 Å². The number of hydrogen-bond acceptors (Lipinski definition) is 5. The minimum absolute atomic E-state index is 0.212. The predicted octanol–water partition coefficient (Wildman–Crippen LogP) is 4.64. The van der Waals surface area contributed by atoms with Crippen LogP contribution in [0.2, 0.25) is 0 Å². The van der Waals surface area contributed by atoms with E-state index in [1.807, 2.05) is 17.5 Å². The summed E-state index contributed by atoms with van der Waals surface area (Å²) in [6.07, 6.45) is 0.924. The summed E-state index contributed by atoms with van der Waals surface area (Å²) in [7, 11) is 3.14. The van der Waals surface area contributed by atoms with E-state index in [1.165, 1.54) is 0 Å². The summed E-state index contributed by atoms with van der Waals surface area (Å²) in [4.78, 5) is 17.1. The van der Waals surface area contributed by atoms with E-state index < -0.39 is 0 Å². The number of nitrogens with one attached hydrogen (secondary N) is 1. The number of rotatable bonds is 6. The van der Waals surface area contributed by atoms with Gasteiger partial charge >= 0.3 is 0 Å². The number of benzene rings is 2. The summed E-state index contributed by atoms with van der Waals surface area (Å²) in [6, 6.07) is 12.7. The molecule has 6 heteroatoms. The number of aryl methyl sites for hydroxylation is 1. The van der Waals surface area contributed by atoms with Gasteiger partial charge in [0.2, 0.25) is 0 Å². The largest absolute Gasteiger partial charge is 0.497 e. The molecule has 1 N–H and O–H groups in total. The topological polar surface area (TPSA) is 60.5 Å². The van der Waals surface area contributed by atoms with E-state index in [-0.39, 0.29) is 5.91 Å². The van der Waals surface area contributed by atoms with Crippen LogP contribution in [0.1, 0.15) is 22.3 Å². The SMILES string of the molecule is CCc1nc(-c2ccc(C(=O)Nc3cc(OC)ccc3OC)cc2)cs1. The Balaban J connectivity index is 1.78. The Labute approximate surface area is 156 Å². The fraction of sp³-hybridized carbons (Fsp3) is 0.200. The van der Waals surface area contributed by atoms with Gasteiger partial charge in [-0.25, -0.2) is 4.98 Å². The highest BCUT2D eigenvalue weighted by molar-refractivity contribution is 7.09. The number of methoxy groups -OCH3 is 2. The van der Waals surface area contributed by atoms with Crippen LogP contribution >= 0.6 is 11.3 Å². The van der Waals surface area contributed by atoms with Crippen LogP contribution in [0.4, 0.5) is 5.69 Å². The highest BCUT2D eigenvalue weighted by atomic mass is 32.1. The number of amides is 1. The number of hydrogen-bond donors (Lipinski definition) is 1. The van der Waals surface area contributed by atoms with Crippen LogP contribution in [0.15, 0.2) is 47.8 Å². The van der Waals surface area contributed by atoms with Crippen molar-refractivity contribution < 1.29 is 14.3 Å². The summed E-state index contributed by atoms with van der Waals surface area (Å²) < 4.78 is 10.5. The first kappa shape index (κ1) is 17.9. The van der Waals surface area contributed by atoms with Crippen molar-refractivity contribution in [1.82, 2.24) is 4.98 Å². The molecule has 0 aliphatic heterocycles. The lowest BCUT2D eigenvalue weighted by atomic mass is 10.1. The first-order valence-corrected chi connectivity index (χ1v) is 9.10. The van der Waals surface area contributed by atoms with E-state index >= 15 is 0 Å². The minimum atomic E-state index is -0.212. The van der Waals surface area contributed by atoms with Crippen molar-refractivity contribution in [1.29, 1.82) is 0 Å². The summed E-state index contributed by atoms with van der Waals surface area (Å²) in [5.41, 5.74) is 3.06. The van der Waals surface area contributed by atoms with Crippen LogP contribution in [0, 0.1) is 0 Å². The molecule has 0 unspecified atom stereocenters. The number of carbonyl (C=O) groups excluding carboxylic acids is 1. The third kappa shape index (κ3) is 3.86. The van der Waals surface area contributed by atoms with Gasteiger partial charge in [-0.05, 0) is 30.7 Å². The lowest BCUT2D eigenvalue weighted by Gasteiger charge is -2.12. The predicted molar refractivity (Wildman–Crippen MR) is 104 cm³/mol. The van der Waals surface area contributed by atoms with Crippen LogP contribution in [-0.2, 0) is 6.42 Å². The van der Waals surface area contributed by atoms with E-state index in [1.54, 1.807) is 55.9 Å². The molecule has 0 aliphatic rings. The third-order valence-corrected chi connectivity index (χ3v) is 4.95. The van der Waals surface area contributed by atoms with Crippen molar-refractivity contribution in [3.8, 4) is 22.8 Å². The molecule has 3 aromatic rings. The van der Waals surface area contributed by atoms with Crippen LogP contribution in [0.5, 0.6) is 11.5 Å². The number of nitrogens with zero attached hydrogens (tertiary/aromatic N) is 1. The van der Waals surface area contributed by atoms with Gasteiger partial charge in [-0.3, -0.25) is 4.79 Å². The number of anilines is 1. The maximum absolute atomic E-state index is 12.6. The molecule has 1 aromatic heterocycles.